The summed E-state index contributed by atoms with van der Waals surface area (Å²) in [5.74, 6) is 0.272. The summed E-state index contributed by atoms with van der Waals surface area (Å²) in [6, 6.07) is 3.25. The highest BCUT2D eigenvalue weighted by Gasteiger charge is 2.39. The first-order valence-corrected chi connectivity index (χ1v) is 13.2. The lowest BCUT2D eigenvalue weighted by Gasteiger charge is -2.43. The molecule has 1 aliphatic carbocycles. The Morgan fingerprint density at radius 2 is 1.89 bits per heavy atom. The summed E-state index contributed by atoms with van der Waals surface area (Å²) in [4.78, 5) is 3.78. The second-order valence-electron chi connectivity index (χ2n) is 10.6. The largest absolute Gasteiger partial charge is 0.417 e. The Hall–Kier alpha value is -3.01. The first-order valence-electron chi connectivity index (χ1n) is 13.2. The standard InChI is InChI=1S/C27H36F3N7/c1-17-15-37(26(31)21-14-32-10-9-23(21)34-19-7-5-4-6-8-19)25-12-22(27(28,29)30)20(11-24(25)36(17)3)18-13-33-35(2)16-18/h11-13,16-17,19,31-32,34H,4-10,14-15H2,1-3H3. The quantitative estimate of drug-likeness (QED) is 0.399. The lowest BCUT2D eigenvalue weighted by Crippen LogP contribution is -2.50. The minimum Gasteiger partial charge on any atom is -0.385 e. The molecular weight excluding hydrogens is 479 g/mol. The normalized spacial score (nSPS) is 21.3. The third-order valence-corrected chi connectivity index (χ3v) is 7.97. The third kappa shape index (κ3) is 5.08. The van der Waals surface area contributed by atoms with Gasteiger partial charge in [-0.15, -0.1) is 0 Å². The molecule has 200 valence electrons. The number of benzene rings is 1. The van der Waals surface area contributed by atoms with Crippen molar-refractivity contribution in [3.63, 3.8) is 0 Å². The van der Waals surface area contributed by atoms with E-state index in [0.717, 1.165) is 37.1 Å². The Morgan fingerprint density at radius 3 is 2.57 bits per heavy atom. The Labute approximate surface area is 216 Å². The fourth-order valence-corrected chi connectivity index (χ4v) is 5.77. The predicted octanol–water partition coefficient (Wildman–Crippen LogP) is 4.90. The number of hydrogen-bond donors (Lipinski definition) is 3. The van der Waals surface area contributed by atoms with E-state index in [9.17, 15) is 18.6 Å². The van der Waals surface area contributed by atoms with E-state index in [2.05, 4.69) is 15.7 Å². The van der Waals surface area contributed by atoms with Crippen LogP contribution < -0.4 is 20.4 Å². The SMILES string of the molecule is CC1CN(C(=N)C2=C(NC3CCCCC3)CCNC2)c2cc(C(F)(F)F)c(-c3cnn(C)c3)cc2N1C. The molecule has 1 aromatic heterocycles. The van der Waals surface area contributed by atoms with Gasteiger partial charge in [0.2, 0.25) is 0 Å². The summed E-state index contributed by atoms with van der Waals surface area (Å²) < 4.78 is 44.5. The van der Waals surface area contributed by atoms with Crippen molar-refractivity contribution in [1.29, 1.82) is 5.41 Å². The van der Waals surface area contributed by atoms with Crippen LogP contribution in [0.2, 0.25) is 0 Å². The Bertz CT molecular complexity index is 1190. The van der Waals surface area contributed by atoms with Gasteiger partial charge in [-0.2, -0.15) is 18.3 Å². The molecule has 1 aromatic carbocycles. The van der Waals surface area contributed by atoms with Crippen LogP contribution in [-0.2, 0) is 13.2 Å². The van der Waals surface area contributed by atoms with Gasteiger partial charge in [0, 0.05) is 75.3 Å². The second kappa shape index (κ2) is 10.0. The molecule has 7 nitrogen and oxygen atoms in total. The van der Waals surface area contributed by atoms with Crippen LogP contribution in [0.5, 0.6) is 0 Å². The van der Waals surface area contributed by atoms with Crippen LogP contribution in [0.4, 0.5) is 24.5 Å². The fraction of sp³-hybridized carbons (Fsp3) is 0.556. The van der Waals surface area contributed by atoms with Gasteiger partial charge in [-0.1, -0.05) is 19.3 Å². The molecule has 1 fully saturated rings. The summed E-state index contributed by atoms with van der Waals surface area (Å²) in [5.41, 5.74) is 2.82. The number of nitrogens with zero attached hydrogens (tertiary/aromatic N) is 4. The van der Waals surface area contributed by atoms with Crippen molar-refractivity contribution in [3.05, 3.63) is 41.4 Å². The summed E-state index contributed by atoms with van der Waals surface area (Å²) in [6.07, 6.45) is 5.23. The van der Waals surface area contributed by atoms with E-state index < -0.39 is 11.7 Å². The minimum absolute atomic E-state index is 0.0123. The van der Waals surface area contributed by atoms with Gasteiger partial charge in [-0.05, 0) is 37.5 Å². The predicted molar refractivity (Wildman–Crippen MR) is 141 cm³/mol. The van der Waals surface area contributed by atoms with Gasteiger partial charge < -0.3 is 20.4 Å². The lowest BCUT2D eigenvalue weighted by atomic mass is 9.93. The summed E-state index contributed by atoms with van der Waals surface area (Å²) in [7, 11) is 3.60. The number of amidine groups is 1. The number of alkyl halides is 3. The van der Waals surface area contributed by atoms with E-state index in [-0.39, 0.29) is 17.4 Å². The van der Waals surface area contributed by atoms with Gasteiger partial charge in [0.25, 0.3) is 0 Å². The molecular formula is C27H36F3N7. The van der Waals surface area contributed by atoms with E-state index in [1.165, 1.54) is 36.2 Å². The first kappa shape index (κ1) is 25.6. The Balaban J connectivity index is 1.58. The number of nitrogens with one attached hydrogen (secondary N) is 3. The monoisotopic (exact) mass is 515 g/mol. The number of aromatic nitrogens is 2. The topological polar surface area (TPSA) is 72.2 Å². The molecule has 1 unspecified atom stereocenters. The van der Waals surface area contributed by atoms with Crippen LogP contribution in [0, 0.1) is 5.41 Å². The summed E-state index contributed by atoms with van der Waals surface area (Å²) >= 11 is 0. The number of rotatable bonds is 4. The first-order chi connectivity index (χ1) is 17.6. The molecule has 3 N–H and O–H groups in total. The zero-order chi connectivity index (χ0) is 26.3. The highest BCUT2D eigenvalue weighted by molar-refractivity contribution is 6.11. The molecule has 37 heavy (non-hydrogen) atoms. The zero-order valence-electron chi connectivity index (χ0n) is 21.8. The molecule has 2 aliphatic heterocycles. The highest BCUT2D eigenvalue weighted by atomic mass is 19.4. The van der Waals surface area contributed by atoms with Crippen molar-refractivity contribution in [2.24, 2.45) is 7.05 Å². The minimum atomic E-state index is -4.55. The van der Waals surface area contributed by atoms with Crippen molar-refractivity contribution in [2.75, 3.05) is 36.5 Å². The maximum atomic E-state index is 14.3. The van der Waals surface area contributed by atoms with Crippen molar-refractivity contribution in [1.82, 2.24) is 20.4 Å². The Kier molecular flexibility index (Phi) is 6.95. The van der Waals surface area contributed by atoms with E-state index in [1.54, 1.807) is 24.2 Å². The van der Waals surface area contributed by atoms with Crippen LogP contribution in [-0.4, -0.2) is 54.4 Å². The molecule has 0 amide bonds. The zero-order valence-corrected chi connectivity index (χ0v) is 21.8. The summed E-state index contributed by atoms with van der Waals surface area (Å²) in [5, 5.41) is 20.4. The molecule has 3 heterocycles. The van der Waals surface area contributed by atoms with Gasteiger partial charge >= 0.3 is 6.18 Å². The van der Waals surface area contributed by atoms with Gasteiger partial charge in [-0.3, -0.25) is 10.1 Å². The summed E-state index contributed by atoms with van der Waals surface area (Å²) in [6.45, 7) is 3.84. The average molecular weight is 516 g/mol. The molecule has 0 spiro atoms. The van der Waals surface area contributed by atoms with Crippen molar-refractivity contribution >= 4 is 17.2 Å². The number of hydrogen-bond acceptors (Lipinski definition) is 5. The van der Waals surface area contributed by atoms with E-state index in [4.69, 9.17) is 0 Å². The van der Waals surface area contributed by atoms with Gasteiger partial charge in [-0.25, -0.2) is 0 Å². The molecule has 5 rings (SSSR count). The van der Waals surface area contributed by atoms with Crippen LogP contribution >= 0.6 is 0 Å². The van der Waals surface area contributed by atoms with Crippen LogP contribution in [0.3, 0.4) is 0 Å². The van der Waals surface area contributed by atoms with Gasteiger partial charge in [0.05, 0.1) is 23.1 Å². The molecule has 0 saturated heterocycles. The number of likely N-dealkylation sites (N-methyl/N-ethyl adjacent to an activating group) is 1. The molecule has 1 saturated carbocycles. The maximum Gasteiger partial charge on any atom is 0.417 e. The van der Waals surface area contributed by atoms with Crippen molar-refractivity contribution in [2.45, 2.75) is 63.7 Å². The van der Waals surface area contributed by atoms with E-state index in [0.29, 0.717) is 36.1 Å². The Morgan fingerprint density at radius 1 is 1.14 bits per heavy atom. The van der Waals surface area contributed by atoms with Crippen LogP contribution in [0.15, 0.2) is 35.8 Å². The second-order valence-corrected chi connectivity index (χ2v) is 10.6. The smallest absolute Gasteiger partial charge is 0.385 e. The molecule has 3 aliphatic rings. The van der Waals surface area contributed by atoms with E-state index >= 15 is 0 Å². The molecule has 10 heteroatoms. The fourth-order valence-electron chi connectivity index (χ4n) is 5.77. The number of halogens is 3. The molecule has 2 aromatic rings. The average Bonchev–Trinajstić information content (AvgIpc) is 3.31. The number of anilines is 2. The molecule has 1 atom stereocenters. The van der Waals surface area contributed by atoms with Crippen molar-refractivity contribution < 1.29 is 13.2 Å². The van der Waals surface area contributed by atoms with Crippen LogP contribution in [0.25, 0.3) is 11.1 Å². The van der Waals surface area contributed by atoms with Gasteiger partial charge in [0.15, 0.2) is 0 Å². The van der Waals surface area contributed by atoms with E-state index in [1.807, 2.05) is 18.9 Å². The number of fused-ring (bicyclic) bond motifs is 1. The van der Waals surface area contributed by atoms with Gasteiger partial charge in [0.1, 0.15) is 5.84 Å². The lowest BCUT2D eigenvalue weighted by molar-refractivity contribution is -0.137. The number of aryl methyl sites for hydroxylation is 1. The van der Waals surface area contributed by atoms with Crippen LogP contribution in [0.1, 0.15) is 51.0 Å². The maximum absolute atomic E-state index is 14.3. The molecule has 0 radical (unpaired) electrons. The molecule has 0 bridgehead atoms. The third-order valence-electron chi connectivity index (χ3n) is 7.97. The van der Waals surface area contributed by atoms with Crippen molar-refractivity contribution in [3.8, 4) is 11.1 Å². The highest BCUT2D eigenvalue weighted by Crippen LogP contribution is 2.46.